The van der Waals surface area contributed by atoms with Crippen molar-refractivity contribution in [3.05, 3.63) is 58.7 Å². The van der Waals surface area contributed by atoms with Gasteiger partial charge in [0.2, 0.25) is 0 Å². The predicted molar refractivity (Wildman–Crippen MR) is 81.7 cm³/mol. The summed E-state index contributed by atoms with van der Waals surface area (Å²) in [5.41, 5.74) is 4.02. The number of nitrogens with zero attached hydrogens (tertiary/aromatic N) is 1. The van der Waals surface area contributed by atoms with Crippen molar-refractivity contribution in [2.75, 3.05) is 0 Å². The molecule has 0 saturated heterocycles. The van der Waals surface area contributed by atoms with Gasteiger partial charge >= 0.3 is 0 Å². The van der Waals surface area contributed by atoms with Gasteiger partial charge in [-0.2, -0.15) is 0 Å². The van der Waals surface area contributed by atoms with Gasteiger partial charge in [-0.25, -0.2) is 4.39 Å². The summed E-state index contributed by atoms with van der Waals surface area (Å²) in [5.74, 6) is -0.171. The lowest BCUT2D eigenvalue weighted by molar-refractivity contribution is 0.0981. The Kier molecular flexibility index (Phi) is 3.40. The number of aliphatic hydroxyl groups excluding tert-OH is 1. The molecule has 1 aromatic heterocycles. The van der Waals surface area contributed by atoms with E-state index in [-0.39, 0.29) is 11.2 Å². The Morgan fingerprint density at radius 3 is 2.76 bits per heavy atom. The number of aromatic nitrogens is 1. The third kappa shape index (κ3) is 2.62. The summed E-state index contributed by atoms with van der Waals surface area (Å²) in [4.78, 5) is 0. The van der Waals surface area contributed by atoms with Crippen LogP contribution in [-0.2, 0) is 13.0 Å². The van der Waals surface area contributed by atoms with Crippen LogP contribution in [0.25, 0.3) is 0 Å². The number of aryl methyl sites for hydroxylation is 1. The van der Waals surface area contributed by atoms with E-state index in [0.717, 1.165) is 29.8 Å². The monoisotopic (exact) mass is 287 g/mol. The molecule has 1 heterocycles. The normalized spacial score (nSPS) is 20.3. The molecule has 1 aromatic carbocycles. The highest BCUT2D eigenvalue weighted by Gasteiger charge is 2.34. The Morgan fingerprint density at radius 1 is 1.33 bits per heavy atom. The molecular formula is C18H22FNO. The van der Waals surface area contributed by atoms with Gasteiger partial charge in [-0.3, -0.25) is 0 Å². The van der Waals surface area contributed by atoms with Crippen molar-refractivity contribution in [1.82, 2.24) is 4.57 Å². The molecule has 1 unspecified atom stereocenters. The van der Waals surface area contributed by atoms with E-state index < -0.39 is 6.10 Å². The highest BCUT2D eigenvalue weighted by molar-refractivity contribution is 5.34. The first-order chi connectivity index (χ1) is 9.87. The van der Waals surface area contributed by atoms with Crippen LogP contribution in [0.15, 0.2) is 30.3 Å². The number of rotatable bonds is 2. The van der Waals surface area contributed by atoms with Crippen molar-refractivity contribution in [3.63, 3.8) is 0 Å². The molecule has 21 heavy (non-hydrogen) atoms. The molecule has 2 aromatic rings. The van der Waals surface area contributed by atoms with Gasteiger partial charge in [0.25, 0.3) is 0 Å². The molecule has 0 saturated carbocycles. The first-order valence-electron chi connectivity index (χ1n) is 7.48. The lowest BCUT2D eigenvalue weighted by Gasteiger charge is -2.34. The van der Waals surface area contributed by atoms with Crippen molar-refractivity contribution in [3.8, 4) is 0 Å². The number of fused-ring (bicyclic) bond motifs is 1. The first kappa shape index (κ1) is 14.3. The molecule has 1 atom stereocenters. The van der Waals surface area contributed by atoms with Crippen LogP contribution in [0.4, 0.5) is 4.39 Å². The SMILES string of the molecule is Cc1cc2c(n1Cc1ccccc1F)CC(C)(C)CC2O. The molecule has 0 aliphatic heterocycles. The number of hydrogen-bond acceptors (Lipinski definition) is 1. The predicted octanol–water partition coefficient (Wildman–Crippen LogP) is 3.99. The Balaban J connectivity index is 2.03. The summed E-state index contributed by atoms with van der Waals surface area (Å²) >= 11 is 0. The van der Waals surface area contributed by atoms with Gasteiger partial charge in [-0.1, -0.05) is 32.0 Å². The fraction of sp³-hybridized carbons (Fsp3) is 0.444. The second kappa shape index (κ2) is 4.99. The standard InChI is InChI=1S/C18H22FNO/c1-12-8-14-16(9-18(2,3)10-17(14)21)20(12)11-13-6-4-5-7-15(13)19/h4-8,17,21H,9-11H2,1-3H3. The molecule has 0 spiro atoms. The molecule has 1 N–H and O–H groups in total. The third-order valence-electron chi connectivity index (χ3n) is 4.49. The van der Waals surface area contributed by atoms with Crippen LogP contribution in [0.3, 0.4) is 0 Å². The van der Waals surface area contributed by atoms with Crippen molar-refractivity contribution in [1.29, 1.82) is 0 Å². The highest BCUT2D eigenvalue weighted by atomic mass is 19.1. The number of benzene rings is 1. The van der Waals surface area contributed by atoms with Crippen LogP contribution in [0, 0.1) is 18.2 Å². The molecule has 0 amide bonds. The van der Waals surface area contributed by atoms with Crippen LogP contribution in [0.5, 0.6) is 0 Å². The number of hydrogen-bond donors (Lipinski definition) is 1. The zero-order valence-electron chi connectivity index (χ0n) is 12.9. The van der Waals surface area contributed by atoms with Crippen LogP contribution in [-0.4, -0.2) is 9.67 Å². The Bertz CT molecular complexity index is 672. The molecule has 3 heteroatoms. The Morgan fingerprint density at radius 2 is 2.05 bits per heavy atom. The molecule has 0 bridgehead atoms. The molecule has 2 nitrogen and oxygen atoms in total. The van der Waals surface area contributed by atoms with Gasteiger partial charge in [0.1, 0.15) is 5.82 Å². The van der Waals surface area contributed by atoms with E-state index in [2.05, 4.69) is 24.5 Å². The van der Waals surface area contributed by atoms with Crippen LogP contribution < -0.4 is 0 Å². The van der Waals surface area contributed by atoms with E-state index in [4.69, 9.17) is 0 Å². The molecule has 112 valence electrons. The number of aliphatic hydroxyl groups is 1. The maximum atomic E-state index is 13.9. The van der Waals surface area contributed by atoms with Crippen LogP contribution in [0.1, 0.15) is 48.9 Å². The summed E-state index contributed by atoms with van der Waals surface area (Å²) in [6.45, 7) is 6.90. The summed E-state index contributed by atoms with van der Waals surface area (Å²) in [7, 11) is 0. The lowest BCUT2D eigenvalue weighted by atomic mass is 9.75. The Labute approximate surface area is 125 Å². The van der Waals surface area contributed by atoms with Crippen LogP contribution >= 0.6 is 0 Å². The molecule has 0 radical (unpaired) electrons. The summed E-state index contributed by atoms with van der Waals surface area (Å²) < 4.78 is 16.1. The van der Waals surface area contributed by atoms with Gasteiger partial charge in [-0.05, 0) is 37.3 Å². The molecular weight excluding hydrogens is 265 g/mol. The van der Waals surface area contributed by atoms with Gasteiger partial charge < -0.3 is 9.67 Å². The quantitative estimate of drug-likeness (QED) is 0.887. The van der Waals surface area contributed by atoms with Crippen molar-refractivity contribution >= 4 is 0 Å². The van der Waals surface area contributed by atoms with Crippen molar-refractivity contribution < 1.29 is 9.50 Å². The topological polar surface area (TPSA) is 25.2 Å². The maximum absolute atomic E-state index is 13.9. The second-order valence-corrected chi connectivity index (χ2v) is 6.93. The minimum Gasteiger partial charge on any atom is -0.388 e. The average Bonchev–Trinajstić information content (AvgIpc) is 2.69. The average molecular weight is 287 g/mol. The van der Waals surface area contributed by atoms with E-state index in [1.165, 1.54) is 6.07 Å². The van der Waals surface area contributed by atoms with Gasteiger partial charge in [0.05, 0.1) is 12.6 Å². The third-order valence-corrected chi connectivity index (χ3v) is 4.49. The van der Waals surface area contributed by atoms with E-state index in [9.17, 15) is 9.50 Å². The van der Waals surface area contributed by atoms with E-state index in [1.54, 1.807) is 6.07 Å². The fourth-order valence-corrected chi connectivity index (χ4v) is 3.42. The second-order valence-electron chi connectivity index (χ2n) is 6.93. The largest absolute Gasteiger partial charge is 0.388 e. The molecule has 3 rings (SSSR count). The molecule has 1 aliphatic rings. The number of halogens is 1. The summed E-state index contributed by atoms with van der Waals surface area (Å²) in [6, 6.07) is 8.95. The zero-order chi connectivity index (χ0) is 15.2. The van der Waals surface area contributed by atoms with Crippen LogP contribution in [0.2, 0.25) is 0 Å². The van der Waals surface area contributed by atoms with E-state index >= 15 is 0 Å². The van der Waals surface area contributed by atoms with Gasteiger partial charge in [0.15, 0.2) is 0 Å². The summed E-state index contributed by atoms with van der Waals surface area (Å²) in [6.07, 6.45) is 1.29. The minimum absolute atomic E-state index is 0.0736. The molecule has 0 fully saturated rings. The van der Waals surface area contributed by atoms with Crippen molar-refractivity contribution in [2.24, 2.45) is 5.41 Å². The zero-order valence-corrected chi connectivity index (χ0v) is 12.9. The highest BCUT2D eigenvalue weighted by Crippen LogP contribution is 2.42. The molecule has 1 aliphatic carbocycles. The van der Waals surface area contributed by atoms with E-state index in [0.29, 0.717) is 12.1 Å². The van der Waals surface area contributed by atoms with Gasteiger partial charge in [-0.15, -0.1) is 0 Å². The summed E-state index contributed by atoms with van der Waals surface area (Å²) in [5, 5.41) is 10.4. The first-order valence-corrected chi connectivity index (χ1v) is 7.48. The maximum Gasteiger partial charge on any atom is 0.128 e. The Hall–Kier alpha value is -1.61. The smallest absolute Gasteiger partial charge is 0.128 e. The van der Waals surface area contributed by atoms with Gasteiger partial charge in [0, 0.05) is 22.5 Å². The fourth-order valence-electron chi connectivity index (χ4n) is 3.42. The lowest BCUT2D eigenvalue weighted by Crippen LogP contribution is -2.27. The van der Waals surface area contributed by atoms with E-state index in [1.807, 2.05) is 19.1 Å². The minimum atomic E-state index is -0.413. The van der Waals surface area contributed by atoms with Crippen molar-refractivity contribution in [2.45, 2.75) is 46.3 Å².